The van der Waals surface area contributed by atoms with Crippen molar-refractivity contribution in [2.75, 3.05) is 26.4 Å². The molecule has 2 aliphatic carbocycles. The first-order valence-corrected chi connectivity index (χ1v) is 12.8. The molecule has 0 heterocycles. The summed E-state index contributed by atoms with van der Waals surface area (Å²) in [6.07, 6.45) is 20.3. The van der Waals surface area contributed by atoms with Gasteiger partial charge in [0.15, 0.2) is 0 Å². The van der Waals surface area contributed by atoms with Crippen LogP contribution in [-0.4, -0.2) is 49.6 Å². The number of amides is 1. The molecule has 0 saturated carbocycles. The summed E-state index contributed by atoms with van der Waals surface area (Å²) in [7, 11) is 0. The molecule has 3 rings (SSSR count). The summed E-state index contributed by atoms with van der Waals surface area (Å²) >= 11 is 0. The van der Waals surface area contributed by atoms with Crippen LogP contribution in [0.1, 0.15) is 74.6 Å². The molecule has 2 N–H and O–H groups in total. The molecule has 192 valence electrons. The van der Waals surface area contributed by atoms with E-state index in [1.807, 2.05) is 0 Å². The molecule has 8 heteroatoms. The van der Waals surface area contributed by atoms with Gasteiger partial charge >= 0.3 is 0 Å². The third-order valence-electron chi connectivity index (χ3n) is 5.93. The molecule has 1 aromatic rings. The first-order valence-electron chi connectivity index (χ1n) is 12.8. The van der Waals surface area contributed by atoms with Gasteiger partial charge < -0.3 is 19.9 Å². The van der Waals surface area contributed by atoms with Crippen LogP contribution >= 0.6 is 0 Å². The van der Waals surface area contributed by atoms with Crippen molar-refractivity contribution in [3.8, 4) is 0 Å². The van der Waals surface area contributed by atoms with E-state index in [2.05, 4.69) is 39.6 Å². The van der Waals surface area contributed by atoms with Crippen molar-refractivity contribution in [1.29, 1.82) is 0 Å². The van der Waals surface area contributed by atoms with E-state index in [4.69, 9.17) is 20.1 Å². The molecule has 0 aliphatic heterocycles. The summed E-state index contributed by atoms with van der Waals surface area (Å²) in [5.74, 6) is -0.0629. The van der Waals surface area contributed by atoms with Gasteiger partial charge in [-0.2, -0.15) is 0 Å². The van der Waals surface area contributed by atoms with Crippen molar-refractivity contribution < 1.29 is 19.4 Å². The summed E-state index contributed by atoms with van der Waals surface area (Å²) in [5, 5.41) is 15.1. The van der Waals surface area contributed by atoms with Crippen LogP contribution in [0.3, 0.4) is 0 Å². The van der Waals surface area contributed by atoms with Gasteiger partial charge in [0.2, 0.25) is 0 Å². The number of hydrogen-bond donors (Lipinski definition) is 2. The number of nitrogens with one attached hydrogen (secondary N) is 1. The summed E-state index contributed by atoms with van der Waals surface area (Å²) < 4.78 is 10.9. The van der Waals surface area contributed by atoms with Gasteiger partial charge in [-0.3, -0.25) is 4.79 Å². The normalized spacial score (nSPS) is 22.0. The lowest BCUT2D eigenvalue weighted by Crippen LogP contribution is -2.34. The largest absolute Gasteiger partial charge is 0.394 e. The van der Waals surface area contributed by atoms with E-state index in [9.17, 15) is 4.79 Å². The van der Waals surface area contributed by atoms with E-state index >= 15 is 0 Å². The minimum atomic E-state index is -0.0629. The lowest BCUT2D eigenvalue weighted by Gasteiger charge is -2.19. The number of aliphatic hydroxyl groups excluding tert-OH is 1. The highest BCUT2D eigenvalue weighted by molar-refractivity contribution is 5.94. The van der Waals surface area contributed by atoms with Crippen molar-refractivity contribution in [3.63, 3.8) is 0 Å². The van der Waals surface area contributed by atoms with E-state index in [0.29, 0.717) is 37.2 Å². The Bertz CT molecular complexity index is 819. The smallest absolute Gasteiger partial charge is 0.251 e. The lowest BCUT2D eigenvalue weighted by atomic mass is 10.0. The Labute approximate surface area is 209 Å². The van der Waals surface area contributed by atoms with Crippen LogP contribution < -0.4 is 5.32 Å². The summed E-state index contributed by atoms with van der Waals surface area (Å²) in [6, 6.07) is 6.90. The monoisotopic (exact) mass is 484 g/mol. The van der Waals surface area contributed by atoms with Crippen LogP contribution in [0.4, 0.5) is 5.69 Å². The molecule has 35 heavy (non-hydrogen) atoms. The Balaban J connectivity index is 0.000000258. The summed E-state index contributed by atoms with van der Waals surface area (Å²) in [4.78, 5) is 14.9. The number of carbonyl (C=O) groups excluding carboxylic acids is 1. The average Bonchev–Trinajstić information content (AvgIpc) is 2.83. The highest BCUT2D eigenvalue weighted by Crippen LogP contribution is 2.16. The highest BCUT2D eigenvalue weighted by Gasteiger charge is 2.14. The van der Waals surface area contributed by atoms with Gasteiger partial charge in [0, 0.05) is 22.2 Å². The fourth-order valence-corrected chi connectivity index (χ4v) is 4.04. The van der Waals surface area contributed by atoms with Crippen molar-refractivity contribution >= 4 is 11.6 Å². The second kappa shape index (κ2) is 18.7. The Morgan fingerprint density at radius 1 is 0.943 bits per heavy atom. The molecule has 0 saturated heterocycles. The van der Waals surface area contributed by atoms with Crippen molar-refractivity contribution in [3.05, 3.63) is 64.6 Å². The molecule has 0 spiro atoms. The Morgan fingerprint density at radius 2 is 1.63 bits per heavy atom. The number of nitrogens with zero attached hydrogens (tertiary/aromatic N) is 3. The number of aliphatic hydroxyl groups is 1. The van der Waals surface area contributed by atoms with Gasteiger partial charge in [0.25, 0.3) is 5.91 Å². The quantitative estimate of drug-likeness (QED) is 0.144. The molecule has 2 atom stereocenters. The molecule has 0 bridgehead atoms. The van der Waals surface area contributed by atoms with Gasteiger partial charge in [-0.1, -0.05) is 41.6 Å². The molecule has 2 unspecified atom stereocenters. The molecular formula is C27H40N4O4. The number of hydrogen-bond acceptors (Lipinski definition) is 5. The fourth-order valence-electron chi connectivity index (χ4n) is 4.04. The molecule has 0 radical (unpaired) electrons. The number of azide groups is 1. The highest BCUT2D eigenvalue weighted by atomic mass is 16.5. The zero-order valence-corrected chi connectivity index (χ0v) is 20.7. The molecular weight excluding hydrogens is 444 g/mol. The first kappa shape index (κ1) is 28.6. The van der Waals surface area contributed by atoms with Crippen LogP contribution in [0.25, 0.3) is 10.4 Å². The Kier molecular flexibility index (Phi) is 15.2. The maximum Gasteiger partial charge on any atom is 0.251 e. The van der Waals surface area contributed by atoms with E-state index in [1.165, 1.54) is 12.8 Å². The molecule has 1 amide bonds. The predicted octanol–water partition coefficient (Wildman–Crippen LogP) is 6.15. The third-order valence-corrected chi connectivity index (χ3v) is 5.93. The molecule has 0 aromatic heterocycles. The fraction of sp³-hybridized carbons (Fsp3) is 0.593. The second-order valence-corrected chi connectivity index (χ2v) is 8.69. The van der Waals surface area contributed by atoms with Gasteiger partial charge in [0.1, 0.15) is 0 Å². The minimum absolute atomic E-state index is 0.0629. The van der Waals surface area contributed by atoms with Crippen molar-refractivity contribution in [1.82, 2.24) is 5.32 Å². The first-order chi connectivity index (χ1) is 17.2. The van der Waals surface area contributed by atoms with Crippen LogP contribution in [0.15, 0.2) is 53.7 Å². The van der Waals surface area contributed by atoms with Gasteiger partial charge in [-0.15, -0.1) is 0 Å². The number of carbonyl (C=O) groups is 1. The number of rotatable bonds is 9. The average molecular weight is 485 g/mol. The van der Waals surface area contributed by atoms with Crippen molar-refractivity contribution in [2.45, 2.75) is 76.4 Å². The molecule has 1 aromatic carbocycles. The van der Waals surface area contributed by atoms with Crippen LogP contribution in [0.5, 0.6) is 0 Å². The van der Waals surface area contributed by atoms with E-state index in [-0.39, 0.29) is 18.6 Å². The topological polar surface area (TPSA) is 117 Å². The SMILES string of the molecule is OCCOCCOC1CC/C=C\CCC1.[N-]=[N+]=Nc1ccc(C(=O)NC2CC/C=C\CCC2)cc1. The number of allylic oxidation sites excluding steroid dienone is 4. The third kappa shape index (κ3) is 13.1. The van der Waals surface area contributed by atoms with E-state index in [0.717, 1.165) is 51.4 Å². The summed E-state index contributed by atoms with van der Waals surface area (Å²) in [6.45, 7) is 1.74. The van der Waals surface area contributed by atoms with Crippen LogP contribution in [-0.2, 0) is 9.47 Å². The van der Waals surface area contributed by atoms with E-state index in [1.54, 1.807) is 24.3 Å². The maximum atomic E-state index is 12.1. The number of ether oxygens (including phenoxy) is 2. The molecule has 2 aliphatic rings. The van der Waals surface area contributed by atoms with E-state index < -0.39 is 0 Å². The van der Waals surface area contributed by atoms with Gasteiger partial charge in [0.05, 0.1) is 32.5 Å². The molecule has 0 fully saturated rings. The van der Waals surface area contributed by atoms with Crippen LogP contribution in [0, 0.1) is 0 Å². The van der Waals surface area contributed by atoms with Crippen LogP contribution in [0.2, 0.25) is 0 Å². The Hall–Kier alpha value is -2.64. The minimum Gasteiger partial charge on any atom is -0.394 e. The van der Waals surface area contributed by atoms with Gasteiger partial charge in [-0.25, -0.2) is 0 Å². The Morgan fingerprint density at radius 3 is 2.34 bits per heavy atom. The summed E-state index contributed by atoms with van der Waals surface area (Å²) in [5.41, 5.74) is 9.45. The maximum absolute atomic E-state index is 12.1. The van der Waals surface area contributed by atoms with Crippen molar-refractivity contribution in [2.24, 2.45) is 5.11 Å². The zero-order valence-electron chi connectivity index (χ0n) is 20.7. The van der Waals surface area contributed by atoms with Gasteiger partial charge in [-0.05, 0) is 81.9 Å². The zero-order chi connectivity index (χ0) is 25.0. The standard InChI is InChI=1S/C15H18N4O.C12H22O3/c16-19-18-14-10-8-12(9-11-14)15(20)17-13-6-4-2-1-3-5-7-13;13-8-9-14-10-11-15-12-6-4-2-1-3-5-7-12/h1-2,8-11,13H,3-7H2,(H,17,20);1-2,12-13H,3-11H2/b2*2-1-. The predicted molar refractivity (Wildman–Crippen MR) is 139 cm³/mol. The second-order valence-electron chi connectivity index (χ2n) is 8.69. The number of benzene rings is 1. The molecule has 8 nitrogen and oxygen atoms in total. The lowest BCUT2D eigenvalue weighted by molar-refractivity contribution is -0.00885.